The fraction of sp³-hybridized carbons (Fsp3) is 0.481. The van der Waals surface area contributed by atoms with Crippen LogP contribution >= 0.6 is 0 Å². The largest absolute Gasteiger partial charge is 0.444 e. The Kier molecular flexibility index (Phi) is 7.49. The first-order chi connectivity index (χ1) is 15.5. The van der Waals surface area contributed by atoms with Crippen LogP contribution in [-0.4, -0.2) is 49.9 Å². The molecule has 0 aliphatic carbocycles. The van der Waals surface area contributed by atoms with Crippen molar-refractivity contribution in [3.8, 4) is 0 Å². The highest BCUT2D eigenvalue weighted by molar-refractivity contribution is 6.99. The van der Waals surface area contributed by atoms with E-state index in [1.165, 1.54) is 10.4 Å². The SMILES string of the molecule is CC(C)(C)OC(=O)N1C[C@@H](O[Si](c2ccccc2)(c2ccccc2)C(C)(C)C)C[C@@H]1CC=O. The van der Waals surface area contributed by atoms with E-state index in [0.29, 0.717) is 13.0 Å². The number of aldehydes is 1. The zero-order valence-electron chi connectivity index (χ0n) is 20.7. The summed E-state index contributed by atoms with van der Waals surface area (Å²) >= 11 is 0. The molecule has 0 unspecified atom stereocenters. The summed E-state index contributed by atoms with van der Waals surface area (Å²) in [6.45, 7) is 12.7. The molecule has 0 radical (unpaired) electrons. The number of amides is 1. The molecule has 33 heavy (non-hydrogen) atoms. The third kappa shape index (κ3) is 5.56. The number of likely N-dealkylation sites (tertiary alicyclic amines) is 1. The summed E-state index contributed by atoms with van der Waals surface area (Å²) in [6.07, 6.45) is 1.20. The molecule has 1 aliphatic rings. The molecule has 0 bridgehead atoms. The Hall–Kier alpha value is -2.44. The average molecular weight is 468 g/mol. The van der Waals surface area contributed by atoms with Crippen molar-refractivity contribution in [1.82, 2.24) is 4.90 Å². The molecule has 1 aliphatic heterocycles. The maximum Gasteiger partial charge on any atom is 0.410 e. The average Bonchev–Trinajstić information content (AvgIpc) is 3.14. The van der Waals surface area contributed by atoms with Crippen LogP contribution in [0.1, 0.15) is 54.4 Å². The highest BCUT2D eigenvalue weighted by atomic mass is 28.4. The topological polar surface area (TPSA) is 55.8 Å². The van der Waals surface area contributed by atoms with E-state index in [2.05, 4.69) is 69.3 Å². The molecule has 0 saturated carbocycles. The van der Waals surface area contributed by atoms with Crippen molar-refractivity contribution < 1.29 is 18.8 Å². The fourth-order valence-corrected chi connectivity index (χ4v) is 9.46. The van der Waals surface area contributed by atoms with E-state index in [4.69, 9.17) is 9.16 Å². The lowest BCUT2D eigenvalue weighted by atomic mass is 10.1. The standard InChI is InChI=1S/C27H37NO4Si/c1-26(2,3)31-25(30)28-20-22(19-21(28)17-18-29)32-33(27(4,5)6,23-13-9-7-10-14-23)24-15-11-8-12-16-24/h7-16,18,21-22H,17,19-20H2,1-6H3/t21-,22-/m0/s1. The lowest BCUT2D eigenvalue weighted by molar-refractivity contribution is -0.108. The van der Waals surface area contributed by atoms with Gasteiger partial charge in [-0.05, 0) is 42.6 Å². The summed E-state index contributed by atoms with van der Waals surface area (Å²) < 4.78 is 12.8. The molecule has 178 valence electrons. The van der Waals surface area contributed by atoms with E-state index >= 15 is 0 Å². The Morgan fingerprint density at radius 2 is 1.48 bits per heavy atom. The quantitative estimate of drug-likeness (QED) is 0.463. The van der Waals surface area contributed by atoms with Crippen LogP contribution in [0.15, 0.2) is 60.7 Å². The number of ether oxygens (including phenoxy) is 1. The molecule has 0 spiro atoms. The second kappa shape index (κ2) is 9.81. The van der Waals surface area contributed by atoms with Crippen molar-refractivity contribution in [1.29, 1.82) is 0 Å². The van der Waals surface area contributed by atoms with Gasteiger partial charge in [0.1, 0.15) is 11.9 Å². The molecule has 2 aromatic carbocycles. The molecule has 0 aromatic heterocycles. The van der Waals surface area contributed by atoms with Crippen LogP contribution < -0.4 is 10.4 Å². The molecular weight excluding hydrogens is 430 g/mol. The molecular formula is C27H37NO4Si. The van der Waals surface area contributed by atoms with Gasteiger partial charge in [0.15, 0.2) is 0 Å². The fourth-order valence-electron chi connectivity index (χ4n) is 4.78. The van der Waals surface area contributed by atoms with Crippen molar-refractivity contribution in [2.45, 2.75) is 77.2 Å². The van der Waals surface area contributed by atoms with E-state index in [1.54, 1.807) is 4.90 Å². The third-order valence-corrected chi connectivity index (χ3v) is 11.2. The molecule has 2 atom stereocenters. The smallest absolute Gasteiger partial charge is 0.410 e. The van der Waals surface area contributed by atoms with Crippen LogP contribution in [0.2, 0.25) is 5.04 Å². The minimum absolute atomic E-state index is 0.158. The van der Waals surface area contributed by atoms with E-state index in [0.717, 1.165) is 6.29 Å². The lowest BCUT2D eigenvalue weighted by Gasteiger charge is -2.44. The number of hydrogen-bond acceptors (Lipinski definition) is 4. The minimum Gasteiger partial charge on any atom is -0.444 e. The van der Waals surface area contributed by atoms with Crippen LogP contribution in [-0.2, 0) is 14.0 Å². The van der Waals surface area contributed by atoms with E-state index in [9.17, 15) is 9.59 Å². The van der Waals surface area contributed by atoms with Gasteiger partial charge in [-0.1, -0.05) is 81.4 Å². The second-order valence-corrected chi connectivity index (χ2v) is 15.1. The number of benzene rings is 2. The summed E-state index contributed by atoms with van der Waals surface area (Å²) in [5.74, 6) is 0. The Balaban J connectivity index is 2.01. The first-order valence-electron chi connectivity index (χ1n) is 11.7. The third-order valence-electron chi connectivity index (χ3n) is 6.13. The summed E-state index contributed by atoms with van der Waals surface area (Å²) in [4.78, 5) is 26.0. The van der Waals surface area contributed by atoms with Gasteiger partial charge in [-0.3, -0.25) is 0 Å². The Morgan fingerprint density at radius 1 is 0.970 bits per heavy atom. The van der Waals surface area contributed by atoms with Crippen LogP contribution in [0.3, 0.4) is 0 Å². The van der Waals surface area contributed by atoms with Crippen molar-refractivity contribution in [3.63, 3.8) is 0 Å². The van der Waals surface area contributed by atoms with Crippen molar-refractivity contribution in [3.05, 3.63) is 60.7 Å². The highest BCUT2D eigenvalue weighted by Gasteiger charge is 2.53. The van der Waals surface area contributed by atoms with E-state index < -0.39 is 13.9 Å². The summed E-state index contributed by atoms with van der Waals surface area (Å²) in [5.41, 5.74) is -0.597. The Bertz CT molecular complexity index is 895. The summed E-state index contributed by atoms with van der Waals surface area (Å²) in [6, 6.07) is 20.7. The van der Waals surface area contributed by atoms with Gasteiger partial charge in [-0.2, -0.15) is 0 Å². The van der Waals surface area contributed by atoms with E-state index in [1.807, 2.05) is 32.9 Å². The number of hydrogen-bond donors (Lipinski definition) is 0. The molecule has 6 heteroatoms. The Morgan fingerprint density at radius 3 is 1.91 bits per heavy atom. The molecule has 1 saturated heterocycles. The molecule has 1 heterocycles. The number of rotatable bonds is 6. The van der Waals surface area contributed by atoms with E-state index in [-0.39, 0.29) is 29.7 Å². The van der Waals surface area contributed by atoms with Gasteiger partial charge in [0.25, 0.3) is 8.32 Å². The summed E-state index contributed by atoms with van der Waals surface area (Å²) in [7, 11) is -2.75. The maximum absolute atomic E-state index is 12.9. The van der Waals surface area contributed by atoms with Crippen LogP contribution in [0, 0.1) is 0 Å². The molecule has 2 aromatic rings. The second-order valence-electron chi connectivity index (χ2n) is 10.8. The van der Waals surface area contributed by atoms with Crippen LogP contribution in [0.4, 0.5) is 4.79 Å². The van der Waals surface area contributed by atoms with Gasteiger partial charge in [-0.15, -0.1) is 0 Å². The zero-order chi connectivity index (χ0) is 24.3. The normalized spacial score (nSPS) is 19.4. The number of nitrogens with zero attached hydrogens (tertiary/aromatic N) is 1. The van der Waals surface area contributed by atoms with Crippen molar-refractivity contribution >= 4 is 31.1 Å². The van der Waals surface area contributed by atoms with Gasteiger partial charge in [0, 0.05) is 19.0 Å². The van der Waals surface area contributed by atoms with Gasteiger partial charge in [-0.25, -0.2) is 4.79 Å². The van der Waals surface area contributed by atoms with Crippen molar-refractivity contribution in [2.75, 3.05) is 6.54 Å². The number of carbonyl (C=O) groups is 2. The molecule has 1 amide bonds. The van der Waals surface area contributed by atoms with Crippen LogP contribution in [0.5, 0.6) is 0 Å². The van der Waals surface area contributed by atoms with Gasteiger partial charge in [0.2, 0.25) is 0 Å². The molecule has 3 rings (SSSR count). The molecule has 5 nitrogen and oxygen atoms in total. The maximum atomic E-state index is 12.9. The lowest BCUT2D eigenvalue weighted by Crippen LogP contribution is -2.67. The predicted octanol–water partition coefficient (Wildman–Crippen LogP) is 4.53. The van der Waals surface area contributed by atoms with Gasteiger partial charge in [0.05, 0.1) is 6.10 Å². The van der Waals surface area contributed by atoms with Gasteiger partial charge >= 0.3 is 6.09 Å². The van der Waals surface area contributed by atoms with Crippen molar-refractivity contribution in [2.24, 2.45) is 0 Å². The highest BCUT2D eigenvalue weighted by Crippen LogP contribution is 2.39. The van der Waals surface area contributed by atoms with Gasteiger partial charge < -0.3 is 18.9 Å². The number of carbonyl (C=O) groups excluding carboxylic acids is 2. The Labute approximate surface area is 199 Å². The monoisotopic (exact) mass is 467 g/mol. The molecule has 1 fully saturated rings. The first kappa shape index (κ1) is 25.2. The first-order valence-corrected chi connectivity index (χ1v) is 13.6. The zero-order valence-corrected chi connectivity index (χ0v) is 21.7. The summed E-state index contributed by atoms with van der Waals surface area (Å²) in [5, 5.41) is 2.24. The predicted molar refractivity (Wildman–Crippen MR) is 135 cm³/mol. The molecule has 0 N–H and O–H groups in total. The minimum atomic E-state index is -2.75. The van der Waals surface area contributed by atoms with Crippen LogP contribution in [0.25, 0.3) is 0 Å².